The molecule has 0 bridgehead atoms. The Hall–Kier alpha value is -1.84. The van der Waals surface area contributed by atoms with Crippen LogP contribution in [0, 0.1) is 11.8 Å². The Labute approximate surface area is 112 Å². The second kappa shape index (κ2) is 3.83. The number of carboxylic acids is 1. The van der Waals surface area contributed by atoms with Crippen LogP contribution in [0.4, 0.5) is 5.69 Å². The lowest BCUT2D eigenvalue weighted by atomic mass is 9.95. The summed E-state index contributed by atoms with van der Waals surface area (Å²) in [4.78, 5) is 25.7. The van der Waals surface area contributed by atoms with Crippen LogP contribution < -0.4 is 4.90 Å². The van der Waals surface area contributed by atoms with Crippen molar-refractivity contribution in [2.75, 3.05) is 11.4 Å². The van der Waals surface area contributed by atoms with Gasteiger partial charge in [-0.05, 0) is 24.0 Å². The molecule has 0 aromatic heterocycles. The topological polar surface area (TPSA) is 57.6 Å². The summed E-state index contributed by atoms with van der Waals surface area (Å²) in [5.41, 5.74) is 1.01. The van der Waals surface area contributed by atoms with Crippen LogP contribution in [0.3, 0.4) is 0 Å². The summed E-state index contributed by atoms with van der Waals surface area (Å²) in [6, 6.07) is 7.60. The molecule has 1 fully saturated rings. The number of carbonyl (C=O) groups excluding carboxylic acids is 1. The van der Waals surface area contributed by atoms with Gasteiger partial charge in [-0.3, -0.25) is 9.59 Å². The van der Waals surface area contributed by atoms with Crippen LogP contribution in [-0.2, 0) is 15.0 Å². The zero-order valence-corrected chi connectivity index (χ0v) is 11.1. The number of fused-ring (bicyclic) bond motifs is 2. The normalized spacial score (nSPS) is 28.1. The summed E-state index contributed by atoms with van der Waals surface area (Å²) in [6.07, 6.45) is 0.437. The lowest BCUT2D eigenvalue weighted by Gasteiger charge is -2.20. The average molecular weight is 259 g/mol. The Morgan fingerprint density at radius 1 is 1.47 bits per heavy atom. The van der Waals surface area contributed by atoms with Crippen LogP contribution in [0.25, 0.3) is 0 Å². The molecule has 19 heavy (non-hydrogen) atoms. The first-order valence-electron chi connectivity index (χ1n) is 6.62. The number of nitrogens with zero attached hydrogens (tertiary/aromatic N) is 1. The first-order chi connectivity index (χ1) is 8.98. The van der Waals surface area contributed by atoms with Crippen LogP contribution in [0.15, 0.2) is 24.3 Å². The Balaban J connectivity index is 2.06. The number of carboxylic acid groups (broad SMARTS) is 1. The Morgan fingerprint density at radius 2 is 2.16 bits per heavy atom. The molecule has 2 aliphatic rings. The van der Waals surface area contributed by atoms with Gasteiger partial charge < -0.3 is 10.0 Å². The molecule has 1 N–H and O–H groups in total. The molecule has 100 valence electrons. The average Bonchev–Trinajstić information content (AvgIpc) is 3.07. The second-order valence-corrected chi connectivity index (χ2v) is 5.89. The molecule has 0 saturated heterocycles. The van der Waals surface area contributed by atoms with Gasteiger partial charge in [-0.15, -0.1) is 0 Å². The standard InChI is InChI=1S/C15H17NO3/c1-9(2)8-16-12-6-4-3-5-10(12)15(14(16)19)7-11(15)13(17)18/h3-6,9,11H,7-8H2,1-2H3,(H,17,18)/t11-,15+/m1/s1. The van der Waals surface area contributed by atoms with Gasteiger partial charge in [-0.25, -0.2) is 0 Å². The lowest BCUT2D eigenvalue weighted by Crippen LogP contribution is -2.36. The van der Waals surface area contributed by atoms with E-state index < -0.39 is 17.3 Å². The number of rotatable bonds is 3. The monoisotopic (exact) mass is 259 g/mol. The van der Waals surface area contributed by atoms with Crippen molar-refractivity contribution in [2.45, 2.75) is 25.7 Å². The van der Waals surface area contributed by atoms with Crippen LogP contribution in [-0.4, -0.2) is 23.5 Å². The highest BCUT2D eigenvalue weighted by molar-refractivity contribution is 6.13. The summed E-state index contributed by atoms with van der Waals surface area (Å²) < 4.78 is 0. The Bertz CT molecular complexity index is 566. The molecule has 0 radical (unpaired) electrons. The summed E-state index contributed by atoms with van der Waals surface area (Å²) >= 11 is 0. The number of hydrogen-bond acceptors (Lipinski definition) is 2. The van der Waals surface area contributed by atoms with Gasteiger partial charge in [0, 0.05) is 12.2 Å². The Kier molecular flexibility index (Phi) is 2.46. The summed E-state index contributed by atoms with van der Waals surface area (Å²) in [7, 11) is 0. The second-order valence-electron chi connectivity index (χ2n) is 5.89. The van der Waals surface area contributed by atoms with Crippen molar-refractivity contribution < 1.29 is 14.7 Å². The van der Waals surface area contributed by atoms with Crippen molar-refractivity contribution in [3.63, 3.8) is 0 Å². The maximum atomic E-state index is 12.7. The lowest BCUT2D eigenvalue weighted by molar-refractivity contribution is -0.140. The van der Waals surface area contributed by atoms with Crippen LogP contribution in [0.2, 0.25) is 0 Å². The molecule has 1 aliphatic carbocycles. The molecular weight excluding hydrogens is 242 g/mol. The summed E-state index contributed by atoms with van der Waals surface area (Å²) in [6.45, 7) is 4.76. The predicted molar refractivity (Wildman–Crippen MR) is 71.1 cm³/mol. The highest BCUT2D eigenvalue weighted by Gasteiger charge is 2.69. The minimum atomic E-state index is -0.866. The van der Waals surface area contributed by atoms with Crippen molar-refractivity contribution in [1.82, 2.24) is 0 Å². The van der Waals surface area contributed by atoms with Gasteiger partial charge in [0.2, 0.25) is 5.91 Å². The van der Waals surface area contributed by atoms with Gasteiger partial charge in [0.1, 0.15) is 0 Å². The number of hydrogen-bond donors (Lipinski definition) is 1. The first-order valence-corrected chi connectivity index (χ1v) is 6.62. The maximum absolute atomic E-state index is 12.7. The molecule has 1 heterocycles. The van der Waals surface area contributed by atoms with Gasteiger partial charge in [-0.2, -0.15) is 0 Å². The molecule has 1 spiro atoms. The summed E-state index contributed by atoms with van der Waals surface area (Å²) in [5.74, 6) is -1.10. The molecule has 4 nitrogen and oxygen atoms in total. The molecular formula is C15H17NO3. The summed E-state index contributed by atoms with van der Waals surface area (Å²) in [5, 5.41) is 9.22. The molecule has 1 saturated carbocycles. The zero-order valence-electron chi connectivity index (χ0n) is 11.1. The largest absolute Gasteiger partial charge is 0.481 e. The number of benzene rings is 1. The number of para-hydroxylation sites is 1. The van der Waals surface area contributed by atoms with E-state index >= 15 is 0 Å². The highest BCUT2D eigenvalue weighted by atomic mass is 16.4. The van der Waals surface area contributed by atoms with E-state index in [4.69, 9.17) is 0 Å². The number of anilines is 1. The van der Waals surface area contributed by atoms with E-state index in [0.29, 0.717) is 18.9 Å². The van der Waals surface area contributed by atoms with Crippen LogP contribution in [0.1, 0.15) is 25.8 Å². The molecule has 4 heteroatoms. The first kappa shape index (κ1) is 12.2. The third-order valence-electron chi connectivity index (χ3n) is 4.11. The van der Waals surface area contributed by atoms with Crippen molar-refractivity contribution in [3.05, 3.63) is 29.8 Å². The fourth-order valence-corrected chi connectivity index (χ4v) is 3.19. The molecule has 2 atom stereocenters. The fourth-order valence-electron chi connectivity index (χ4n) is 3.19. The van der Waals surface area contributed by atoms with Crippen molar-refractivity contribution in [3.8, 4) is 0 Å². The SMILES string of the molecule is CC(C)CN1C(=O)[C@@]2(C[C@@H]2C(=O)O)c2ccccc21. The molecule has 3 rings (SSSR count). The number of aliphatic carboxylic acids is 1. The minimum Gasteiger partial charge on any atom is -0.481 e. The van der Waals surface area contributed by atoms with Crippen molar-refractivity contribution in [1.29, 1.82) is 0 Å². The van der Waals surface area contributed by atoms with Crippen molar-refractivity contribution >= 4 is 17.6 Å². The van der Waals surface area contributed by atoms with Crippen LogP contribution >= 0.6 is 0 Å². The maximum Gasteiger partial charge on any atom is 0.307 e. The zero-order chi connectivity index (χ0) is 13.8. The fraction of sp³-hybridized carbons (Fsp3) is 0.467. The van der Waals surface area contributed by atoms with Crippen LogP contribution in [0.5, 0.6) is 0 Å². The highest BCUT2D eigenvalue weighted by Crippen LogP contribution is 2.61. The molecule has 1 amide bonds. The van der Waals surface area contributed by atoms with Gasteiger partial charge in [0.25, 0.3) is 0 Å². The molecule has 1 aliphatic heterocycles. The van der Waals surface area contributed by atoms with E-state index in [0.717, 1.165) is 11.3 Å². The quantitative estimate of drug-likeness (QED) is 0.903. The van der Waals surface area contributed by atoms with E-state index in [2.05, 4.69) is 13.8 Å². The third-order valence-corrected chi connectivity index (χ3v) is 4.11. The molecule has 1 aromatic rings. The molecule has 1 aromatic carbocycles. The molecule has 0 unspecified atom stereocenters. The smallest absolute Gasteiger partial charge is 0.307 e. The number of amides is 1. The van der Waals surface area contributed by atoms with Gasteiger partial charge in [0.05, 0.1) is 11.3 Å². The van der Waals surface area contributed by atoms with E-state index in [9.17, 15) is 14.7 Å². The van der Waals surface area contributed by atoms with Gasteiger partial charge in [0.15, 0.2) is 0 Å². The minimum absolute atomic E-state index is 0.0326. The Morgan fingerprint density at radius 3 is 2.74 bits per heavy atom. The van der Waals surface area contributed by atoms with Gasteiger partial charge >= 0.3 is 5.97 Å². The van der Waals surface area contributed by atoms with Crippen molar-refractivity contribution in [2.24, 2.45) is 11.8 Å². The third kappa shape index (κ3) is 1.52. The van der Waals surface area contributed by atoms with E-state index in [-0.39, 0.29) is 5.91 Å². The number of carbonyl (C=O) groups is 2. The predicted octanol–water partition coefficient (Wildman–Crippen LogP) is 2.03. The van der Waals surface area contributed by atoms with E-state index in [1.54, 1.807) is 4.90 Å². The van der Waals surface area contributed by atoms with Gasteiger partial charge in [-0.1, -0.05) is 32.0 Å². The van der Waals surface area contributed by atoms with E-state index in [1.165, 1.54) is 0 Å². The van der Waals surface area contributed by atoms with E-state index in [1.807, 2.05) is 24.3 Å².